The van der Waals surface area contributed by atoms with E-state index in [1.807, 2.05) is 9.80 Å². The second kappa shape index (κ2) is 12.0. The highest BCUT2D eigenvalue weighted by molar-refractivity contribution is 6.09. The number of carbonyl (C=O) groups excluding carboxylic acids is 1. The molecule has 2 aliphatic rings. The maximum Gasteiger partial charge on any atom is 0.219 e. The Hall–Kier alpha value is -3.76. The molecule has 1 aromatic heterocycles. The summed E-state index contributed by atoms with van der Waals surface area (Å²) in [5.41, 5.74) is 9.13. The number of nitrogens with two attached hydrogens (primary N) is 1. The minimum absolute atomic E-state index is 0.0476. The van der Waals surface area contributed by atoms with Crippen LogP contribution in [-0.4, -0.2) is 77.3 Å². The minimum atomic E-state index is -0.594. The maximum atomic E-state index is 15.2. The molecular formula is C29H32F2N6O2. The number of allylic oxidation sites excluding steroid dienone is 1. The van der Waals surface area contributed by atoms with Crippen molar-refractivity contribution < 1.29 is 18.3 Å². The van der Waals surface area contributed by atoms with Gasteiger partial charge in [0.25, 0.3) is 0 Å². The van der Waals surface area contributed by atoms with Gasteiger partial charge in [0, 0.05) is 68.8 Å². The molecule has 0 saturated carbocycles. The van der Waals surface area contributed by atoms with Gasteiger partial charge in [-0.25, -0.2) is 13.8 Å². The third-order valence-corrected chi connectivity index (χ3v) is 7.32. The summed E-state index contributed by atoms with van der Waals surface area (Å²) in [6.07, 6.45) is 6.28. The maximum absolute atomic E-state index is 15.2. The monoisotopic (exact) mass is 534 g/mol. The van der Waals surface area contributed by atoms with Crippen LogP contribution in [0.4, 0.5) is 8.78 Å². The Balaban J connectivity index is 1.40. The Morgan fingerprint density at radius 1 is 1.15 bits per heavy atom. The van der Waals surface area contributed by atoms with Crippen molar-refractivity contribution in [3.8, 4) is 11.1 Å². The highest BCUT2D eigenvalue weighted by atomic mass is 19.1. The van der Waals surface area contributed by atoms with Gasteiger partial charge in [-0.1, -0.05) is 12.1 Å². The van der Waals surface area contributed by atoms with Gasteiger partial charge < -0.3 is 15.4 Å². The molecule has 2 aromatic carbocycles. The number of piperidine rings is 1. The van der Waals surface area contributed by atoms with Crippen LogP contribution in [-0.2, 0) is 16.1 Å². The number of carbonyl (C=O) groups is 1. The zero-order valence-electron chi connectivity index (χ0n) is 21.9. The van der Waals surface area contributed by atoms with Gasteiger partial charge in [-0.2, -0.15) is 0 Å². The summed E-state index contributed by atoms with van der Waals surface area (Å²) in [7, 11) is 0. The summed E-state index contributed by atoms with van der Waals surface area (Å²) in [4.78, 5) is 29.4. The molecule has 0 atom stereocenters. The van der Waals surface area contributed by atoms with Crippen molar-refractivity contribution in [3.05, 3.63) is 65.6 Å². The smallest absolute Gasteiger partial charge is 0.219 e. The van der Waals surface area contributed by atoms with Crippen LogP contribution in [0.1, 0.15) is 31.0 Å². The van der Waals surface area contributed by atoms with Crippen LogP contribution < -0.4 is 5.73 Å². The first kappa shape index (κ1) is 26.8. The first-order valence-electron chi connectivity index (χ1n) is 13.2. The molecular weight excluding hydrogens is 502 g/mol. The van der Waals surface area contributed by atoms with Crippen LogP contribution in [0.3, 0.4) is 0 Å². The molecule has 0 bridgehead atoms. The summed E-state index contributed by atoms with van der Waals surface area (Å²) < 4.78 is 35.7. The van der Waals surface area contributed by atoms with Crippen molar-refractivity contribution >= 4 is 28.7 Å². The topological polar surface area (TPSA) is 96.9 Å². The fourth-order valence-electron chi connectivity index (χ4n) is 5.01. The molecule has 3 heterocycles. The number of nitrogens with zero attached hydrogens (tertiary/aromatic N) is 5. The molecule has 2 aliphatic heterocycles. The molecule has 8 nitrogen and oxygen atoms in total. The molecule has 1 amide bonds. The van der Waals surface area contributed by atoms with Gasteiger partial charge in [0.1, 0.15) is 11.6 Å². The molecule has 0 aliphatic carbocycles. The van der Waals surface area contributed by atoms with Crippen LogP contribution in [0.15, 0.2) is 47.7 Å². The van der Waals surface area contributed by atoms with E-state index in [1.165, 1.54) is 18.3 Å². The van der Waals surface area contributed by atoms with Crippen molar-refractivity contribution in [2.75, 3.05) is 39.4 Å². The van der Waals surface area contributed by atoms with Gasteiger partial charge in [-0.3, -0.25) is 19.7 Å². The number of hydrogen-bond acceptors (Lipinski definition) is 7. The molecule has 3 aromatic rings. The van der Waals surface area contributed by atoms with E-state index in [-0.39, 0.29) is 24.1 Å². The number of para-hydroxylation sites is 1. The SMILES string of the molecule is CC(=O)N1CCC(N=C/C(=C\N)c2cnc3cccc(-c4cc(F)c(CN5CCOCC5)c(F)c4)c3n2)CC1. The van der Waals surface area contributed by atoms with Crippen molar-refractivity contribution in [2.45, 2.75) is 32.4 Å². The number of aromatic nitrogens is 2. The molecule has 0 spiro atoms. The third-order valence-electron chi connectivity index (χ3n) is 7.32. The Kier molecular flexibility index (Phi) is 8.23. The van der Waals surface area contributed by atoms with E-state index in [0.717, 1.165) is 12.8 Å². The summed E-state index contributed by atoms with van der Waals surface area (Å²) in [6.45, 7) is 5.52. The fourth-order valence-corrected chi connectivity index (χ4v) is 5.01. The fraction of sp³-hybridized carbons (Fsp3) is 0.379. The molecule has 0 radical (unpaired) electrons. The molecule has 5 rings (SSSR count). The van der Waals surface area contributed by atoms with Crippen molar-refractivity contribution in [3.63, 3.8) is 0 Å². The Morgan fingerprint density at radius 3 is 2.54 bits per heavy atom. The Morgan fingerprint density at radius 2 is 1.87 bits per heavy atom. The third kappa shape index (κ3) is 6.12. The zero-order chi connectivity index (χ0) is 27.4. The number of halogens is 2. The second-order valence-corrected chi connectivity index (χ2v) is 9.87. The van der Waals surface area contributed by atoms with E-state index < -0.39 is 11.6 Å². The van der Waals surface area contributed by atoms with Crippen LogP contribution in [0.5, 0.6) is 0 Å². The highest BCUT2D eigenvalue weighted by Crippen LogP contribution is 2.30. The lowest BCUT2D eigenvalue weighted by molar-refractivity contribution is -0.129. The summed E-state index contributed by atoms with van der Waals surface area (Å²) in [5.74, 6) is -1.11. The number of amides is 1. The number of ether oxygens (including phenoxy) is 1. The molecule has 39 heavy (non-hydrogen) atoms. The van der Waals surface area contributed by atoms with E-state index in [2.05, 4.69) is 9.98 Å². The molecule has 10 heteroatoms. The van der Waals surface area contributed by atoms with Crippen molar-refractivity contribution in [1.82, 2.24) is 19.8 Å². The Labute approximate surface area is 226 Å². The molecule has 2 fully saturated rings. The lowest BCUT2D eigenvalue weighted by Gasteiger charge is -2.29. The van der Waals surface area contributed by atoms with E-state index in [4.69, 9.17) is 15.5 Å². The van der Waals surface area contributed by atoms with Gasteiger partial charge in [0.2, 0.25) is 5.91 Å². The van der Waals surface area contributed by atoms with Crippen LogP contribution in [0.2, 0.25) is 0 Å². The predicted molar refractivity (Wildman–Crippen MR) is 147 cm³/mol. The summed E-state index contributed by atoms with van der Waals surface area (Å²) >= 11 is 0. The van der Waals surface area contributed by atoms with Gasteiger partial charge in [-0.05, 0) is 36.6 Å². The van der Waals surface area contributed by atoms with E-state index in [1.54, 1.807) is 37.5 Å². The van der Waals surface area contributed by atoms with Crippen LogP contribution in [0.25, 0.3) is 27.7 Å². The average molecular weight is 535 g/mol. The van der Waals surface area contributed by atoms with Crippen LogP contribution >= 0.6 is 0 Å². The molecule has 204 valence electrons. The predicted octanol–water partition coefficient (Wildman–Crippen LogP) is 3.79. The number of fused-ring (bicyclic) bond motifs is 1. The van der Waals surface area contributed by atoms with Gasteiger partial charge >= 0.3 is 0 Å². The van der Waals surface area contributed by atoms with E-state index in [9.17, 15) is 4.79 Å². The largest absolute Gasteiger partial charge is 0.404 e. The number of morpholine rings is 1. The normalized spacial score (nSPS) is 17.8. The number of hydrogen-bond donors (Lipinski definition) is 1. The van der Waals surface area contributed by atoms with Crippen molar-refractivity contribution in [2.24, 2.45) is 10.7 Å². The summed E-state index contributed by atoms with van der Waals surface area (Å²) in [6, 6.07) is 8.17. The molecule has 2 saturated heterocycles. The molecule has 0 unspecified atom stereocenters. The highest BCUT2D eigenvalue weighted by Gasteiger charge is 2.21. The van der Waals surface area contributed by atoms with Gasteiger partial charge in [0.05, 0.1) is 42.2 Å². The van der Waals surface area contributed by atoms with Crippen LogP contribution in [0, 0.1) is 11.6 Å². The minimum Gasteiger partial charge on any atom is -0.404 e. The first-order chi connectivity index (χ1) is 18.9. The van der Waals surface area contributed by atoms with Gasteiger partial charge in [-0.15, -0.1) is 0 Å². The zero-order valence-corrected chi connectivity index (χ0v) is 21.9. The number of aliphatic imine (C=N–C) groups is 1. The Bertz CT molecular complexity index is 1390. The molecule has 2 N–H and O–H groups in total. The number of likely N-dealkylation sites (tertiary alicyclic amines) is 1. The average Bonchev–Trinajstić information content (AvgIpc) is 2.95. The standard InChI is InChI=1S/C29H32F2N6O2/c1-19(38)37-7-5-22(6-8-37)33-16-21(15-32)28-17-34-27-4-2-3-23(29(27)35-28)20-13-25(30)24(26(31)14-20)18-36-9-11-39-12-10-36/h2-4,13-17,22H,5-12,18,32H2,1H3/b21-15+,33-16?. The first-order valence-corrected chi connectivity index (χ1v) is 13.2. The lowest BCUT2D eigenvalue weighted by Crippen LogP contribution is -2.38. The van der Waals surface area contributed by atoms with Gasteiger partial charge in [0.15, 0.2) is 0 Å². The summed E-state index contributed by atoms with van der Waals surface area (Å²) in [5, 5.41) is 0. The lowest BCUT2D eigenvalue weighted by atomic mass is 10.0. The second-order valence-electron chi connectivity index (χ2n) is 9.87. The van der Waals surface area contributed by atoms with E-state index in [0.29, 0.717) is 72.8 Å². The number of rotatable bonds is 6. The quantitative estimate of drug-likeness (QED) is 0.484. The van der Waals surface area contributed by atoms with E-state index >= 15 is 8.78 Å². The van der Waals surface area contributed by atoms with Crippen molar-refractivity contribution in [1.29, 1.82) is 0 Å². The number of benzene rings is 2.